The molecule has 2 aromatic heterocycles. The number of piperazine rings is 1. The standard InChI is InChI=1S/C25H37N7O4/c1-15-12-31(16(2)11-30(15)13-18-6-8-35-9-7-18)24(34)32-14-19-21(25(32,4)5)27-28-22(19)26-23(33)20-10-17(3)36-29-20/h10,15-16,18H,6-9,11-14H2,1-5H3,(H2,26,27,28,33)/t15?,16-/m0/s1. The fourth-order valence-electron chi connectivity index (χ4n) is 5.71. The highest BCUT2D eigenvalue weighted by Crippen LogP contribution is 2.41. The fraction of sp³-hybridized carbons (Fsp3) is 0.680. The van der Waals surface area contributed by atoms with Gasteiger partial charge in [0.1, 0.15) is 5.76 Å². The van der Waals surface area contributed by atoms with Crippen molar-refractivity contribution in [1.82, 2.24) is 30.1 Å². The highest BCUT2D eigenvalue weighted by Gasteiger charge is 2.47. The van der Waals surface area contributed by atoms with Gasteiger partial charge in [-0.25, -0.2) is 4.79 Å². The predicted octanol–water partition coefficient (Wildman–Crippen LogP) is 2.95. The lowest BCUT2D eigenvalue weighted by atomic mass is 9.97. The Kier molecular flexibility index (Phi) is 6.54. The van der Waals surface area contributed by atoms with Crippen LogP contribution in [-0.2, 0) is 16.8 Å². The van der Waals surface area contributed by atoms with Crippen LogP contribution < -0.4 is 5.32 Å². The minimum absolute atomic E-state index is 0.0130. The molecule has 5 heterocycles. The molecule has 3 aliphatic rings. The number of nitrogens with zero attached hydrogens (tertiary/aromatic N) is 5. The van der Waals surface area contributed by atoms with Gasteiger partial charge < -0.3 is 24.4 Å². The summed E-state index contributed by atoms with van der Waals surface area (Å²) in [6, 6.07) is 1.99. The molecule has 0 aliphatic carbocycles. The van der Waals surface area contributed by atoms with Crippen LogP contribution in [0, 0.1) is 12.8 Å². The maximum absolute atomic E-state index is 13.9. The van der Waals surface area contributed by atoms with Crippen LogP contribution in [0.3, 0.4) is 0 Å². The van der Waals surface area contributed by atoms with Crippen molar-refractivity contribution >= 4 is 17.8 Å². The Morgan fingerprint density at radius 1 is 1.19 bits per heavy atom. The van der Waals surface area contributed by atoms with Gasteiger partial charge in [-0.15, -0.1) is 0 Å². The zero-order chi connectivity index (χ0) is 25.6. The molecule has 0 aromatic carbocycles. The second-order valence-electron chi connectivity index (χ2n) is 11.0. The first-order valence-corrected chi connectivity index (χ1v) is 12.9. The van der Waals surface area contributed by atoms with Gasteiger partial charge in [0.2, 0.25) is 0 Å². The van der Waals surface area contributed by atoms with Gasteiger partial charge >= 0.3 is 6.03 Å². The number of amides is 3. The van der Waals surface area contributed by atoms with Gasteiger partial charge in [0.25, 0.3) is 5.91 Å². The summed E-state index contributed by atoms with van der Waals surface area (Å²) < 4.78 is 10.5. The number of hydrogen-bond donors (Lipinski definition) is 2. The van der Waals surface area contributed by atoms with Gasteiger partial charge in [-0.2, -0.15) is 5.10 Å². The van der Waals surface area contributed by atoms with E-state index in [9.17, 15) is 9.59 Å². The molecule has 5 rings (SSSR count). The van der Waals surface area contributed by atoms with Crippen LogP contribution in [0.5, 0.6) is 0 Å². The highest BCUT2D eigenvalue weighted by atomic mass is 16.5. The molecule has 0 saturated carbocycles. The van der Waals surface area contributed by atoms with Crippen LogP contribution in [0.1, 0.15) is 68.0 Å². The number of aryl methyl sites for hydroxylation is 1. The van der Waals surface area contributed by atoms with Crippen LogP contribution in [0.25, 0.3) is 0 Å². The maximum Gasteiger partial charge on any atom is 0.321 e. The van der Waals surface area contributed by atoms with E-state index in [1.807, 2.05) is 23.6 Å². The Balaban J connectivity index is 1.26. The van der Waals surface area contributed by atoms with Gasteiger partial charge in [-0.3, -0.25) is 14.8 Å². The summed E-state index contributed by atoms with van der Waals surface area (Å²) in [7, 11) is 0. The molecule has 0 spiro atoms. The Bertz CT molecular complexity index is 1120. The maximum atomic E-state index is 13.9. The number of anilines is 1. The van der Waals surface area contributed by atoms with Crippen molar-refractivity contribution in [2.45, 2.75) is 71.6 Å². The molecule has 0 radical (unpaired) electrons. The lowest BCUT2D eigenvalue weighted by molar-refractivity contribution is 0.00882. The van der Waals surface area contributed by atoms with Crippen molar-refractivity contribution in [2.24, 2.45) is 5.92 Å². The molecule has 11 heteroatoms. The smallest absolute Gasteiger partial charge is 0.321 e. The molecule has 1 unspecified atom stereocenters. The summed E-state index contributed by atoms with van der Waals surface area (Å²) in [6.45, 7) is 14.8. The molecule has 36 heavy (non-hydrogen) atoms. The first-order chi connectivity index (χ1) is 17.1. The van der Waals surface area contributed by atoms with Crippen molar-refractivity contribution in [2.75, 3.05) is 38.2 Å². The van der Waals surface area contributed by atoms with E-state index in [1.165, 1.54) is 0 Å². The molecular weight excluding hydrogens is 462 g/mol. The van der Waals surface area contributed by atoms with Crippen LogP contribution in [0.15, 0.2) is 10.6 Å². The number of ether oxygens (including phenoxy) is 1. The number of urea groups is 1. The lowest BCUT2D eigenvalue weighted by Crippen LogP contribution is -2.62. The Hall–Kier alpha value is -2.92. The van der Waals surface area contributed by atoms with E-state index < -0.39 is 11.4 Å². The van der Waals surface area contributed by atoms with E-state index in [1.54, 1.807) is 13.0 Å². The largest absolute Gasteiger partial charge is 0.381 e. The van der Waals surface area contributed by atoms with Crippen LogP contribution in [0.2, 0.25) is 0 Å². The third-order valence-corrected chi connectivity index (χ3v) is 7.99. The Morgan fingerprint density at radius 3 is 2.64 bits per heavy atom. The van der Waals surface area contributed by atoms with Crippen LogP contribution in [0.4, 0.5) is 10.6 Å². The molecular formula is C25H37N7O4. The minimum atomic E-state index is -0.588. The quantitative estimate of drug-likeness (QED) is 0.664. The van der Waals surface area contributed by atoms with Gasteiger partial charge in [0, 0.05) is 56.6 Å². The van der Waals surface area contributed by atoms with Gasteiger partial charge in [-0.05, 0) is 53.4 Å². The first kappa shape index (κ1) is 24.8. The monoisotopic (exact) mass is 499 g/mol. The van der Waals surface area contributed by atoms with Crippen molar-refractivity contribution in [3.05, 3.63) is 28.8 Å². The molecule has 11 nitrogen and oxygen atoms in total. The number of aromatic amines is 1. The number of carbonyl (C=O) groups is 2. The molecule has 2 atom stereocenters. The number of aromatic nitrogens is 3. The molecule has 2 N–H and O–H groups in total. The van der Waals surface area contributed by atoms with Crippen LogP contribution >= 0.6 is 0 Å². The van der Waals surface area contributed by atoms with Crippen molar-refractivity contribution < 1.29 is 18.8 Å². The molecule has 2 fully saturated rings. The Labute approximate surface area is 211 Å². The molecule has 196 valence electrons. The topological polar surface area (TPSA) is 120 Å². The average molecular weight is 500 g/mol. The van der Waals surface area contributed by atoms with E-state index in [4.69, 9.17) is 9.26 Å². The summed E-state index contributed by atoms with van der Waals surface area (Å²) >= 11 is 0. The Morgan fingerprint density at radius 2 is 1.94 bits per heavy atom. The zero-order valence-electron chi connectivity index (χ0n) is 21.8. The predicted molar refractivity (Wildman–Crippen MR) is 132 cm³/mol. The number of H-pyrrole nitrogens is 1. The van der Waals surface area contributed by atoms with Crippen molar-refractivity contribution in [3.8, 4) is 0 Å². The van der Waals surface area contributed by atoms with Gasteiger partial charge in [0.15, 0.2) is 11.5 Å². The fourth-order valence-corrected chi connectivity index (χ4v) is 5.71. The lowest BCUT2D eigenvalue weighted by Gasteiger charge is -2.47. The van der Waals surface area contributed by atoms with E-state index in [2.05, 4.69) is 39.4 Å². The molecule has 3 aliphatic heterocycles. The SMILES string of the molecule is Cc1cc(C(=O)Nc2n[nH]c3c2CN(C(=O)N2CC(C)N(CC4CCOCC4)C[C@@H]2C)C3(C)C)no1. The number of carbonyl (C=O) groups excluding carboxylic acids is 2. The van der Waals surface area contributed by atoms with E-state index in [0.29, 0.717) is 36.6 Å². The molecule has 3 amide bonds. The van der Waals surface area contributed by atoms with Crippen molar-refractivity contribution in [1.29, 1.82) is 0 Å². The second kappa shape index (κ2) is 9.51. The third-order valence-electron chi connectivity index (χ3n) is 7.99. The first-order valence-electron chi connectivity index (χ1n) is 12.9. The summed E-state index contributed by atoms with van der Waals surface area (Å²) in [5.74, 6) is 1.25. The van der Waals surface area contributed by atoms with Gasteiger partial charge in [0.05, 0.1) is 17.8 Å². The van der Waals surface area contributed by atoms with Gasteiger partial charge in [-0.1, -0.05) is 5.16 Å². The minimum Gasteiger partial charge on any atom is -0.381 e. The molecule has 2 saturated heterocycles. The number of fused-ring (bicyclic) bond motifs is 1. The summed E-state index contributed by atoms with van der Waals surface area (Å²) in [5, 5.41) is 14.0. The van der Waals surface area contributed by atoms with Crippen LogP contribution in [-0.4, -0.2) is 86.9 Å². The second-order valence-corrected chi connectivity index (χ2v) is 11.0. The normalized spacial score (nSPS) is 24.7. The average Bonchev–Trinajstić information content (AvgIpc) is 3.52. The highest BCUT2D eigenvalue weighted by molar-refractivity contribution is 6.02. The van der Waals surface area contributed by atoms with E-state index in [0.717, 1.165) is 50.4 Å². The number of rotatable bonds is 4. The number of nitrogens with one attached hydrogen (secondary N) is 2. The summed E-state index contributed by atoms with van der Waals surface area (Å²) in [4.78, 5) is 32.9. The summed E-state index contributed by atoms with van der Waals surface area (Å²) in [5.41, 5.74) is 1.26. The van der Waals surface area contributed by atoms with Crippen molar-refractivity contribution in [3.63, 3.8) is 0 Å². The summed E-state index contributed by atoms with van der Waals surface area (Å²) in [6.07, 6.45) is 2.23. The number of hydrogen-bond acceptors (Lipinski definition) is 7. The third kappa shape index (κ3) is 4.50. The van der Waals surface area contributed by atoms with E-state index in [-0.39, 0.29) is 17.8 Å². The zero-order valence-corrected chi connectivity index (χ0v) is 21.8. The van der Waals surface area contributed by atoms with E-state index >= 15 is 0 Å². The molecule has 0 bridgehead atoms. The molecule has 2 aromatic rings.